The summed E-state index contributed by atoms with van der Waals surface area (Å²) in [6, 6.07) is 10.6. The van der Waals surface area contributed by atoms with Gasteiger partial charge in [0.05, 0.1) is 5.69 Å². The molecule has 0 unspecified atom stereocenters. The molecule has 2 heterocycles. The summed E-state index contributed by atoms with van der Waals surface area (Å²) in [5, 5.41) is 4.31. The van der Waals surface area contributed by atoms with Crippen molar-refractivity contribution in [3.05, 3.63) is 42.2 Å². The van der Waals surface area contributed by atoms with E-state index in [0.29, 0.717) is 12.6 Å². The fraction of sp³-hybridized carbons (Fsp3) is 0.438. The smallest absolute Gasteiger partial charge is 0.132 e. The molecule has 1 aliphatic heterocycles. The van der Waals surface area contributed by atoms with E-state index in [9.17, 15) is 0 Å². The molecule has 0 radical (unpaired) electrons. The van der Waals surface area contributed by atoms with E-state index in [1.54, 1.807) is 4.68 Å². The van der Waals surface area contributed by atoms with Crippen LogP contribution in [0.5, 0.6) is 5.75 Å². The lowest BCUT2D eigenvalue weighted by Gasteiger charge is -2.32. The average Bonchev–Trinajstić information content (AvgIpc) is 2.92. The van der Waals surface area contributed by atoms with Crippen LogP contribution in [-0.4, -0.2) is 28.9 Å². The molecular formula is C16H22N4O. The molecule has 112 valence electrons. The van der Waals surface area contributed by atoms with E-state index in [1.165, 1.54) is 5.69 Å². The van der Waals surface area contributed by atoms with Crippen LogP contribution in [-0.2, 0) is 13.7 Å². The van der Waals surface area contributed by atoms with Crippen molar-refractivity contribution in [1.82, 2.24) is 9.78 Å². The van der Waals surface area contributed by atoms with Crippen LogP contribution >= 0.6 is 0 Å². The van der Waals surface area contributed by atoms with Crippen molar-refractivity contribution in [2.75, 3.05) is 18.0 Å². The number of aryl methyl sites for hydroxylation is 1. The van der Waals surface area contributed by atoms with Crippen LogP contribution in [0.2, 0.25) is 0 Å². The summed E-state index contributed by atoms with van der Waals surface area (Å²) in [6.07, 6.45) is 4.03. The van der Waals surface area contributed by atoms with Crippen LogP contribution in [0.4, 0.5) is 5.69 Å². The molecule has 1 aromatic carbocycles. The Kier molecular flexibility index (Phi) is 4.10. The molecule has 5 heteroatoms. The lowest BCUT2D eigenvalue weighted by Crippen LogP contribution is -2.39. The second-order valence-electron chi connectivity index (χ2n) is 5.59. The molecule has 1 aliphatic rings. The van der Waals surface area contributed by atoms with Gasteiger partial charge in [-0.3, -0.25) is 4.68 Å². The molecule has 0 bridgehead atoms. The summed E-state index contributed by atoms with van der Waals surface area (Å²) >= 11 is 0. The van der Waals surface area contributed by atoms with Gasteiger partial charge in [-0.25, -0.2) is 0 Å². The number of hydrogen-bond donors (Lipinski definition) is 1. The molecule has 5 nitrogen and oxygen atoms in total. The van der Waals surface area contributed by atoms with Crippen molar-refractivity contribution in [3.63, 3.8) is 0 Å². The average molecular weight is 286 g/mol. The normalized spacial score (nSPS) is 16.2. The Morgan fingerprint density at radius 2 is 2.10 bits per heavy atom. The quantitative estimate of drug-likeness (QED) is 0.933. The van der Waals surface area contributed by atoms with Crippen LogP contribution in [0.1, 0.15) is 18.5 Å². The highest BCUT2D eigenvalue weighted by atomic mass is 16.5. The lowest BCUT2D eigenvalue weighted by molar-refractivity contribution is 0.300. The number of rotatable bonds is 4. The summed E-state index contributed by atoms with van der Waals surface area (Å²) in [5.41, 5.74) is 8.10. The van der Waals surface area contributed by atoms with E-state index in [-0.39, 0.29) is 0 Å². The van der Waals surface area contributed by atoms with Crippen molar-refractivity contribution in [3.8, 4) is 5.75 Å². The van der Waals surface area contributed by atoms with Gasteiger partial charge in [-0.05, 0) is 31.0 Å². The zero-order valence-electron chi connectivity index (χ0n) is 12.4. The van der Waals surface area contributed by atoms with Crippen molar-refractivity contribution in [2.24, 2.45) is 12.8 Å². The van der Waals surface area contributed by atoms with Crippen LogP contribution in [0, 0.1) is 0 Å². The second kappa shape index (κ2) is 6.18. The highest BCUT2D eigenvalue weighted by Crippen LogP contribution is 2.24. The maximum absolute atomic E-state index is 5.96. The van der Waals surface area contributed by atoms with Gasteiger partial charge in [-0.1, -0.05) is 6.07 Å². The molecule has 0 saturated carbocycles. The SMILES string of the molecule is Cn1ccc(COc2cccc(N3CCC(N)CC3)c2)n1. The van der Waals surface area contributed by atoms with Gasteiger partial charge < -0.3 is 15.4 Å². The maximum atomic E-state index is 5.96. The van der Waals surface area contributed by atoms with Gasteiger partial charge in [0.25, 0.3) is 0 Å². The van der Waals surface area contributed by atoms with E-state index in [2.05, 4.69) is 22.1 Å². The van der Waals surface area contributed by atoms with E-state index in [1.807, 2.05) is 31.4 Å². The Bertz CT molecular complexity index is 587. The van der Waals surface area contributed by atoms with Crippen molar-refractivity contribution >= 4 is 5.69 Å². The zero-order valence-corrected chi connectivity index (χ0v) is 12.4. The standard InChI is InChI=1S/C16H22N4O/c1-19-8-7-14(18-19)12-21-16-4-2-3-15(11-16)20-9-5-13(17)6-10-20/h2-4,7-8,11,13H,5-6,9-10,12,17H2,1H3. The van der Waals surface area contributed by atoms with Gasteiger partial charge in [0, 0.05) is 44.1 Å². The minimum Gasteiger partial charge on any atom is -0.487 e. The van der Waals surface area contributed by atoms with Crippen molar-refractivity contribution < 1.29 is 4.74 Å². The highest BCUT2D eigenvalue weighted by Gasteiger charge is 2.16. The number of benzene rings is 1. The van der Waals surface area contributed by atoms with E-state index in [4.69, 9.17) is 10.5 Å². The molecule has 1 fully saturated rings. The predicted octanol–water partition coefficient (Wildman–Crippen LogP) is 1.93. The van der Waals surface area contributed by atoms with Crippen molar-refractivity contribution in [1.29, 1.82) is 0 Å². The number of ether oxygens (including phenoxy) is 1. The van der Waals surface area contributed by atoms with Crippen LogP contribution in [0.3, 0.4) is 0 Å². The molecule has 0 amide bonds. The van der Waals surface area contributed by atoms with Gasteiger partial charge in [0.2, 0.25) is 0 Å². The number of piperidine rings is 1. The Hall–Kier alpha value is -2.01. The Morgan fingerprint density at radius 3 is 2.81 bits per heavy atom. The van der Waals surface area contributed by atoms with Gasteiger partial charge >= 0.3 is 0 Å². The number of aromatic nitrogens is 2. The first-order valence-electron chi connectivity index (χ1n) is 7.42. The largest absolute Gasteiger partial charge is 0.487 e. The zero-order chi connectivity index (χ0) is 14.7. The number of anilines is 1. The van der Waals surface area contributed by atoms with E-state index >= 15 is 0 Å². The first-order chi connectivity index (χ1) is 10.2. The maximum Gasteiger partial charge on any atom is 0.132 e. The molecule has 0 spiro atoms. The van der Waals surface area contributed by atoms with E-state index in [0.717, 1.165) is 37.4 Å². The fourth-order valence-electron chi connectivity index (χ4n) is 2.63. The van der Waals surface area contributed by atoms with Gasteiger partial charge in [0.1, 0.15) is 12.4 Å². The summed E-state index contributed by atoms with van der Waals surface area (Å²) in [6.45, 7) is 2.53. The monoisotopic (exact) mass is 286 g/mol. The predicted molar refractivity (Wildman–Crippen MR) is 83.4 cm³/mol. The minimum atomic E-state index is 0.352. The van der Waals surface area contributed by atoms with Crippen LogP contribution in [0.15, 0.2) is 36.5 Å². The Balaban J connectivity index is 1.63. The molecule has 2 aromatic rings. The van der Waals surface area contributed by atoms with Gasteiger partial charge in [-0.2, -0.15) is 5.10 Å². The molecule has 0 atom stereocenters. The molecule has 3 rings (SSSR count). The third-order valence-electron chi connectivity index (χ3n) is 3.88. The number of nitrogens with zero attached hydrogens (tertiary/aromatic N) is 3. The lowest BCUT2D eigenvalue weighted by atomic mass is 10.1. The highest BCUT2D eigenvalue weighted by molar-refractivity contribution is 5.51. The molecule has 1 aromatic heterocycles. The summed E-state index contributed by atoms with van der Waals surface area (Å²) in [5.74, 6) is 0.882. The summed E-state index contributed by atoms with van der Waals surface area (Å²) in [4.78, 5) is 2.37. The minimum absolute atomic E-state index is 0.352. The third kappa shape index (κ3) is 3.55. The third-order valence-corrected chi connectivity index (χ3v) is 3.88. The molecule has 1 saturated heterocycles. The Labute approximate surface area is 125 Å². The van der Waals surface area contributed by atoms with Crippen LogP contribution < -0.4 is 15.4 Å². The molecular weight excluding hydrogens is 264 g/mol. The van der Waals surface area contributed by atoms with Gasteiger partial charge in [0.15, 0.2) is 0 Å². The Morgan fingerprint density at radius 1 is 1.29 bits per heavy atom. The first kappa shape index (κ1) is 13.9. The van der Waals surface area contributed by atoms with E-state index < -0.39 is 0 Å². The second-order valence-corrected chi connectivity index (χ2v) is 5.59. The summed E-state index contributed by atoms with van der Waals surface area (Å²) < 4.78 is 7.61. The molecule has 2 N–H and O–H groups in total. The fourth-order valence-corrected chi connectivity index (χ4v) is 2.63. The number of nitrogens with two attached hydrogens (primary N) is 1. The first-order valence-corrected chi connectivity index (χ1v) is 7.42. The van der Waals surface area contributed by atoms with Crippen molar-refractivity contribution in [2.45, 2.75) is 25.5 Å². The summed E-state index contributed by atoms with van der Waals surface area (Å²) in [7, 11) is 1.91. The molecule has 0 aliphatic carbocycles. The number of hydrogen-bond acceptors (Lipinski definition) is 4. The topological polar surface area (TPSA) is 56.3 Å². The van der Waals surface area contributed by atoms with Crippen LogP contribution in [0.25, 0.3) is 0 Å². The van der Waals surface area contributed by atoms with Gasteiger partial charge in [-0.15, -0.1) is 0 Å². The molecule has 21 heavy (non-hydrogen) atoms.